The monoisotopic (exact) mass is 256 g/mol. The first-order valence-electron chi connectivity index (χ1n) is 6.19. The van der Waals surface area contributed by atoms with Gasteiger partial charge in [-0.3, -0.25) is 0 Å². The third-order valence-corrected chi connectivity index (χ3v) is 3.04. The van der Waals surface area contributed by atoms with Crippen LogP contribution < -0.4 is 15.8 Å². The van der Waals surface area contributed by atoms with Crippen LogP contribution >= 0.6 is 0 Å². The summed E-state index contributed by atoms with van der Waals surface area (Å²) in [6, 6.07) is 0.170. The van der Waals surface area contributed by atoms with Crippen LogP contribution in [-0.2, 0) is 7.05 Å². The lowest BCUT2D eigenvalue weighted by molar-refractivity contribution is 0.262. The highest BCUT2D eigenvalue weighted by atomic mass is 16.5. The van der Waals surface area contributed by atoms with E-state index in [9.17, 15) is 0 Å². The van der Waals surface area contributed by atoms with Crippen LogP contribution in [0.25, 0.3) is 0 Å². The number of aromatic nitrogens is 2. The number of aryl methyl sites for hydroxylation is 2. The topological polar surface area (TPSA) is 85.3 Å². The largest absolute Gasteiger partial charge is 0.481 e. The van der Waals surface area contributed by atoms with Crippen molar-refractivity contribution in [3.63, 3.8) is 0 Å². The zero-order valence-corrected chi connectivity index (χ0v) is 11.6. The summed E-state index contributed by atoms with van der Waals surface area (Å²) in [7, 11) is 3.48. The van der Waals surface area contributed by atoms with Crippen molar-refractivity contribution >= 4 is 0 Å². The van der Waals surface area contributed by atoms with E-state index in [0.717, 1.165) is 17.1 Å². The Balaban J connectivity index is 2.94. The lowest BCUT2D eigenvalue weighted by Crippen LogP contribution is -2.36. The molecule has 0 radical (unpaired) electrons. The summed E-state index contributed by atoms with van der Waals surface area (Å²) in [6.45, 7) is 4.59. The molecule has 104 valence electrons. The molecule has 1 aromatic heterocycles. The number of hydrogen-bond donors (Lipinski definition) is 3. The molecule has 18 heavy (non-hydrogen) atoms. The maximum Gasteiger partial charge on any atom is 0.216 e. The van der Waals surface area contributed by atoms with Gasteiger partial charge < -0.3 is 20.9 Å². The van der Waals surface area contributed by atoms with E-state index < -0.39 is 0 Å². The molecule has 0 amide bonds. The smallest absolute Gasteiger partial charge is 0.216 e. The molecular weight excluding hydrogens is 232 g/mol. The molecule has 0 fully saturated rings. The van der Waals surface area contributed by atoms with Gasteiger partial charge in [0.1, 0.15) is 0 Å². The van der Waals surface area contributed by atoms with E-state index in [4.69, 9.17) is 15.6 Å². The van der Waals surface area contributed by atoms with Gasteiger partial charge in [0.15, 0.2) is 0 Å². The number of aliphatic hydroxyl groups is 1. The van der Waals surface area contributed by atoms with Crippen molar-refractivity contribution in [1.29, 1.82) is 0 Å². The van der Waals surface area contributed by atoms with E-state index >= 15 is 0 Å². The second-order valence-electron chi connectivity index (χ2n) is 4.50. The maximum absolute atomic E-state index is 8.94. The average molecular weight is 256 g/mol. The van der Waals surface area contributed by atoms with Crippen LogP contribution in [0.2, 0.25) is 0 Å². The fraction of sp³-hybridized carbons (Fsp3) is 0.750. The number of nitrogens with one attached hydrogen (secondary N) is 1. The van der Waals surface area contributed by atoms with Gasteiger partial charge in [0.2, 0.25) is 5.88 Å². The fourth-order valence-electron chi connectivity index (χ4n) is 2.19. The molecule has 2 atom stereocenters. The van der Waals surface area contributed by atoms with Crippen LogP contribution in [-0.4, -0.2) is 41.2 Å². The molecule has 1 aromatic rings. The Morgan fingerprint density at radius 1 is 1.56 bits per heavy atom. The van der Waals surface area contributed by atoms with Crippen molar-refractivity contribution in [2.45, 2.75) is 32.4 Å². The Morgan fingerprint density at radius 3 is 2.72 bits per heavy atom. The average Bonchev–Trinajstić information content (AvgIpc) is 2.61. The molecule has 0 bridgehead atoms. The third kappa shape index (κ3) is 3.22. The second-order valence-corrected chi connectivity index (χ2v) is 4.50. The van der Waals surface area contributed by atoms with Crippen molar-refractivity contribution in [2.75, 3.05) is 20.3 Å². The van der Waals surface area contributed by atoms with E-state index in [1.807, 2.05) is 20.9 Å². The van der Waals surface area contributed by atoms with Gasteiger partial charge >= 0.3 is 0 Å². The number of hydrogen-bond acceptors (Lipinski definition) is 5. The van der Waals surface area contributed by atoms with Gasteiger partial charge in [-0.05, 0) is 20.3 Å². The van der Waals surface area contributed by atoms with Gasteiger partial charge in [-0.1, -0.05) is 0 Å². The molecule has 2 unspecified atom stereocenters. The predicted octanol–water partition coefficient (Wildman–Crippen LogP) is 0.0974. The van der Waals surface area contributed by atoms with Crippen molar-refractivity contribution in [1.82, 2.24) is 15.1 Å². The van der Waals surface area contributed by atoms with E-state index in [0.29, 0.717) is 13.0 Å². The van der Waals surface area contributed by atoms with E-state index in [-0.39, 0.29) is 18.7 Å². The van der Waals surface area contributed by atoms with E-state index in [1.165, 1.54) is 0 Å². The number of nitrogens with zero attached hydrogens (tertiary/aromatic N) is 2. The molecule has 0 aromatic carbocycles. The SMILES string of the molecule is COc1c(C(CN)NC(C)CCO)c(C)nn1C. The predicted molar refractivity (Wildman–Crippen MR) is 70.6 cm³/mol. The summed E-state index contributed by atoms with van der Waals surface area (Å²) in [4.78, 5) is 0. The summed E-state index contributed by atoms with van der Waals surface area (Å²) in [5, 5.41) is 16.7. The Morgan fingerprint density at radius 2 is 2.22 bits per heavy atom. The van der Waals surface area contributed by atoms with E-state index in [1.54, 1.807) is 11.8 Å². The molecule has 6 heteroatoms. The van der Waals surface area contributed by atoms with Gasteiger partial charge in [-0.15, -0.1) is 0 Å². The Labute approximate surface area is 108 Å². The van der Waals surface area contributed by atoms with Crippen LogP contribution in [0.3, 0.4) is 0 Å². The Bertz CT molecular complexity index is 378. The van der Waals surface area contributed by atoms with Crippen molar-refractivity contribution in [3.05, 3.63) is 11.3 Å². The van der Waals surface area contributed by atoms with Crippen LogP contribution in [0, 0.1) is 6.92 Å². The van der Waals surface area contributed by atoms with Crippen LogP contribution in [0.15, 0.2) is 0 Å². The van der Waals surface area contributed by atoms with Gasteiger partial charge in [-0.25, -0.2) is 4.68 Å². The quantitative estimate of drug-likeness (QED) is 0.644. The highest BCUT2D eigenvalue weighted by Crippen LogP contribution is 2.27. The van der Waals surface area contributed by atoms with Crippen LogP contribution in [0.1, 0.15) is 30.6 Å². The summed E-state index contributed by atoms with van der Waals surface area (Å²) < 4.78 is 7.09. The highest BCUT2D eigenvalue weighted by molar-refractivity contribution is 5.34. The van der Waals surface area contributed by atoms with Gasteiger partial charge in [-0.2, -0.15) is 5.10 Å². The summed E-state index contributed by atoms with van der Waals surface area (Å²) in [5.41, 5.74) is 7.74. The molecule has 0 saturated heterocycles. The van der Waals surface area contributed by atoms with Crippen molar-refractivity contribution < 1.29 is 9.84 Å². The van der Waals surface area contributed by atoms with Gasteiger partial charge in [0.05, 0.1) is 24.4 Å². The van der Waals surface area contributed by atoms with Crippen LogP contribution in [0.5, 0.6) is 5.88 Å². The number of rotatable bonds is 7. The number of nitrogens with two attached hydrogens (primary N) is 1. The molecule has 0 aliphatic heterocycles. The normalized spacial score (nSPS) is 14.6. The maximum atomic E-state index is 8.94. The molecule has 1 rings (SSSR count). The highest BCUT2D eigenvalue weighted by Gasteiger charge is 2.23. The number of ether oxygens (including phenoxy) is 1. The summed E-state index contributed by atoms with van der Waals surface area (Å²) >= 11 is 0. The fourth-order valence-corrected chi connectivity index (χ4v) is 2.19. The number of methoxy groups -OCH3 is 1. The molecule has 0 saturated carbocycles. The number of aliphatic hydroxyl groups excluding tert-OH is 1. The lowest BCUT2D eigenvalue weighted by Gasteiger charge is -2.22. The second kappa shape index (κ2) is 6.72. The third-order valence-electron chi connectivity index (χ3n) is 3.04. The molecule has 4 N–H and O–H groups in total. The first kappa shape index (κ1) is 14.9. The minimum absolute atomic E-state index is 0.0183. The van der Waals surface area contributed by atoms with E-state index in [2.05, 4.69) is 10.4 Å². The minimum atomic E-state index is -0.0183. The lowest BCUT2D eigenvalue weighted by atomic mass is 10.1. The van der Waals surface area contributed by atoms with Gasteiger partial charge in [0, 0.05) is 26.2 Å². The summed E-state index contributed by atoms with van der Waals surface area (Å²) in [5.74, 6) is 0.728. The first-order chi connectivity index (χ1) is 8.54. The Kier molecular flexibility index (Phi) is 5.58. The van der Waals surface area contributed by atoms with Crippen molar-refractivity contribution in [2.24, 2.45) is 12.8 Å². The van der Waals surface area contributed by atoms with Crippen LogP contribution in [0.4, 0.5) is 0 Å². The zero-order chi connectivity index (χ0) is 13.7. The first-order valence-corrected chi connectivity index (χ1v) is 6.19. The Hall–Kier alpha value is -1.11. The standard InChI is InChI=1S/C12H24N4O2/c1-8(5-6-17)14-10(7-13)11-9(2)15-16(3)12(11)18-4/h8,10,14,17H,5-7,13H2,1-4H3. The molecule has 0 aliphatic carbocycles. The van der Waals surface area contributed by atoms with Gasteiger partial charge in [0.25, 0.3) is 0 Å². The molecule has 6 nitrogen and oxygen atoms in total. The van der Waals surface area contributed by atoms with Crippen molar-refractivity contribution in [3.8, 4) is 5.88 Å². The molecule has 0 aliphatic rings. The zero-order valence-electron chi connectivity index (χ0n) is 11.6. The minimum Gasteiger partial charge on any atom is -0.481 e. The molecule has 0 spiro atoms. The molecular formula is C12H24N4O2. The molecule has 1 heterocycles. The summed E-state index contributed by atoms with van der Waals surface area (Å²) in [6.07, 6.45) is 0.693.